The Kier molecular flexibility index (Phi) is 4.18. The summed E-state index contributed by atoms with van der Waals surface area (Å²) in [7, 11) is 0. The monoisotopic (exact) mass is 335 g/mol. The van der Waals surface area contributed by atoms with Crippen LogP contribution in [0.15, 0.2) is 57.7 Å². The van der Waals surface area contributed by atoms with E-state index in [1.807, 2.05) is 43.3 Å². The van der Waals surface area contributed by atoms with Crippen LogP contribution in [0, 0.1) is 6.92 Å². The van der Waals surface area contributed by atoms with Gasteiger partial charge in [-0.05, 0) is 37.5 Å². The molecular formula is C21H21NO3. The van der Waals surface area contributed by atoms with Gasteiger partial charge in [0.05, 0.1) is 5.39 Å². The van der Waals surface area contributed by atoms with Crippen LogP contribution in [0.5, 0.6) is 5.75 Å². The van der Waals surface area contributed by atoms with Crippen molar-refractivity contribution in [3.63, 3.8) is 0 Å². The molecule has 0 aliphatic carbocycles. The van der Waals surface area contributed by atoms with Crippen LogP contribution in [0.4, 0.5) is 5.88 Å². The van der Waals surface area contributed by atoms with E-state index >= 15 is 0 Å². The van der Waals surface area contributed by atoms with Gasteiger partial charge in [0.25, 0.3) is 0 Å². The highest BCUT2D eigenvalue weighted by Crippen LogP contribution is 2.30. The van der Waals surface area contributed by atoms with E-state index in [1.54, 1.807) is 12.1 Å². The van der Waals surface area contributed by atoms with Crippen LogP contribution >= 0.6 is 0 Å². The zero-order chi connectivity index (χ0) is 17.2. The summed E-state index contributed by atoms with van der Waals surface area (Å²) in [5.41, 5.74) is 2.60. The quantitative estimate of drug-likeness (QED) is 0.714. The first-order chi connectivity index (χ1) is 12.2. The van der Waals surface area contributed by atoms with Gasteiger partial charge in [-0.3, -0.25) is 4.79 Å². The van der Waals surface area contributed by atoms with Gasteiger partial charge in [0, 0.05) is 24.7 Å². The average Bonchev–Trinajstić information content (AvgIpc) is 3.17. The number of nitrogens with zero attached hydrogens (tertiary/aromatic N) is 1. The number of rotatable bonds is 4. The Morgan fingerprint density at radius 2 is 1.84 bits per heavy atom. The lowest BCUT2D eigenvalue weighted by Gasteiger charge is -2.17. The second-order valence-corrected chi connectivity index (χ2v) is 6.48. The van der Waals surface area contributed by atoms with Gasteiger partial charge in [-0.2, -0.15) is 0 Å². The number of hydrogen-bond donors (Lipinski definition) is 0. The number of anilines is 1. The van der Waals surface area contributed by atoms with Gasteiger partial charge in [-0.25, -0.2) is 0 Å². The van der Waals surface area contributed by atoms with Crippen molar-refractivity contribution in [1.82, 2.24) is 0 Å². The molecule has 0 unspecified atom stereocenters. The molecule has 1 aliphatic rings. The fourth-order valence-electron chi connectivity index (χ4n) is 3.31. The van der Waals surface area contributed by atoms with E-state index in [0.717, 1.165) is 42.8 Å². The summed E-state index contributed by atoms with van der Waals surface area (Å²) < 4.78 is 12.1. The highest BCUT2D eigenvalue weighted by Gasteiger charge is 2.18. The third-order valence-electron chi connectivity index (χ3n) is 4.74. The van der Waals surface area contributed by atoms with E-state index < -0.39 is 0 Å². The summed E-state index contributed by atoms with van der Waals surface area (Å²) in [5, 5.41) is 0.604. The van der Waals surface area contributed by atoms with Crippen molar-refractivity contribution in [2.75, 3.05) is 18.0 Å². The van der Waals surface area contributed by atoms with Crippen LogP contribution in [-0.4, -0.2) is 13.1 Å². The van der Waals surface area contributed by atoms with Gasteiger partial charge < -0.3 is 14.1 Å². The van der Waals surface area contributed by atoms with Crippen LogP contribution in [0.1, 0.15) is 24.0 Å². The largest absolute Gasteiger partial charge is 0.488 e. The summed E-state index contributed by atoms with van der Waals surface area (Å²) in [6.45, 7) is 4.32. The Labute approximate surface area is 146 Å². The SMILES string of the molecule is Cc1c(OCc2ccccc2)ccc2c(=O)cc(N3CCCC3)oc12. The number of ether oxygens (including phenoxy) is 1. The lowest BCUT2D eigenvalue weighted by atomic mass is 10.1. The minimum atomic E-state index is 0.000796. The molecular weight excluding hydrogens is 314 g/mol. The molecule has 1 aromatic heterocycles. The molecule has 128 valence electrons. The highest BCUT2D eigenvalue weighted by atomic mass is 16.5. The molecule has 0 atom stereocenters. The third kappa shape index (κ3) is 3.12. The molecule has 0 bridgehead atoms. The van der Waals surface area contributed by atoms with Gasteiger partial charge in [-0.15, -0.1) is 0 Å². The maximum absolute atomic E-state index is 12.5. The van der Waals surface area contributed by atoms with E-state index in [2.05, 4.69) is 4.90 Å². The lowest BCUT2D eigenvalue weighted by molar-refractivity contribution is 0.304. The smallest absolute Gasteiger partial charge is 0.200 e. The Morgan fingerprint density at radius 1 is 1.08 bits per heavy atom. The number of fused-ring (bicyclic) bond motifs is 1. The molecule has 2 aromatic carbocycles. The van der Waals surface area contributed by atoms with E-state index in [9.17, 15) is 4.79 Å². The molecule has 3 aromatic rings. The third-order valence-corrected chi connectivity index (χ3v) is 4.74. The van der Waals surface area contributed by atoms with Crippen molar-refractivity contribution in [2.24, 2.45) is 0 Å². The topological polar surface area (TPSA) is 42.7 Å². The molecule has 2 heterocycles. The second-order valence-electron chi connectivity index (χ2n) is 6.48. The number of hydrogen-bond acceptors (Lipinski definition) is 4. The Bertz CT molecular complexity index is 941. The van der Waals surface area contributed by atoms with Crippen molar-refractivity contribution >= 4 is 16.9 Å². The van der Waals surface area contributed by atoms with Gasteiger partial charge >= 0.3 is 0 Å². The van der Waals surface area contributed by atoms with Gasteiger partial charge in [0.2, 0.25) is 0 Å². The maximum Gasteiger partial charge on any atom is 0.200 e. The van der Waals surface area contributed by atoms with Crippen molar-refractivity contribution in [3.8, 4) is 5.75 Å². The standard InChI is InChI=1S/C21H21NO3/c1-15-19(24-14-16-7-3-2-4-8-16)10-9-17-18(23)13-20(25-21(15)17)22-11-5-6-12-22/h2-4,7-10,13H,5-6,11-12,14H2,1H3. The molecule has 4 heteroatoms. The van der Waals surface area contributed by atoms with Gasteiger partial charge in [-0.1, -0.05) is 30.3 Å². The summed E-state index contributed by atoms with van der Waals surface area (Å²) in [6.07, 6.45) is 2.28. The normalized spacial score (nSPS) is 14.2. The first-order valence-corrected chi connectivity index (χ1v) is 8.71. The van der Waals surface area contributed by atoms with Crippen LogP contribution in [0.25, 0.3) is 11.0 Å². The Morgan fingerprint density at radius 3 is 2.60 bits per heavy atom. The van der Waals surface area contributed by atoms with Crippen LogP contribution in [0.3, 0.4) is 0 Å². The molecule has 0 spiro atoms. The molecule has 1 aliphatic heterocycles. The first-order valence-electron chi connectivity index (χ1n) is 8.71. The molecule has 0 amide bonds. The predicted octanol–water partition coefficient (Wildman–Crippen LogP) is 4.28. The van der Waals surface area contributed by atoms with Crippen molar-refractivity contribution < 1.29 is 9.15 Å². The molecule has 25 heavy (non-hydrogen) atoms. The first kappa shape index (κ1) is 15.8. The molecule has 1 saturated heterocycles. The summed E-state index contributed by atoms with van der Waals surface area (Å²) in [5.74, 6) is 1.41. The Hall–Kier alpha value is -2.75. The molecule has 4 rings (SSSR count). The van der Waals surface area contributed by atoms with Crippen LogP contribution in [-0.2, 0) is 6.61 Å². The zero-order valence-corrected chi connectivity index (χ0v) is 14.3. The second kappa shape index (κ2) is 6.63. The highest BCUT2D eigenvalue weighted by molar-refractivity contribution is 5.82. The lowest BCUT2D eigenvalue weighted by Crippen LogP contribution is -2.19. The van der Waals surface area contributed by atoms with E-state index in [1.165, 1.54) is 0 Å². The number of benzene rings is 2. The fourth-order valence-corrected chi connectivity index (χ4v) is 3.31. The van der Waals surface area contributed by atoms with Crippen molar-refractivity contribution in [2.45, 2.75) is 26.4 Å². The summed E-state index contributed by atoms with van der Waals surface area (Å²) in [4.78, 5) is 14.6. The maximum atomic E-state index is 12.5. The van der Waals surface area contributed by atoms with E-state index in [0.29, 0.717) is 23.5 Å². The van der Waals surface area contributed by atoms with E-state index in [4.69, 9.17) is 9.15 Å². The van der Waals surface area contributed by atoms with Crippen LogP contribution < -0.4 is 15.1 Å². The summed E-state index contributed by atoms with van der Waals surface area (Å²) >= 11 is 0. The van der Waals surface area contributed by atoms with Crippen molar-refractivity contribution in [1.29, 1.82) is 0 Å². The summed E-state index contributed by atoms with van der Waals surface area (Å²) in [6, 6.07) is 15.3. The number of aryl methyl sites for hydroxylation is 1. The van der Waals surface area contributed by atoms with Gasteiger partial charge in [0.1, 0.15) is 17.9 Å². The molecule has 0 radical (unpaired) electrons. The molecule has 4 nitrogen and oxygen atoms in total. The van der Waals surface area contributed by atoms with Crippen LogP contribution in [0.2, 0.25) is 0 Å². The Balaban J connectivity index is 1.69. The van der Waals surface area contributed by atoms with Crippen molar-refractivity contribution in [3.05, 3.63) is 69.9 Å². The molecule has 0 saturated carbocycles. The van der Waals surface area contributed by atoms with Gasteiger partial charge in [0.15, 0.2) is 11.3 Å². The minimum absolute atomic E-state index is 0.000796. The molecule has 1 fully saturated rings. The van der Waals surface area contributed by atoms with E-state index in [-0.39, 0.29) is 5.43 Å². The average molecular weight is 335 g/mol. The fraction of sp³-hybridized carbons (Fsp3) is 0.286. The minimum Gasteiger partial charge on any atom is -0.488 e. The predicted molar refractivity (Wildman–Crippen MR) is 99.4 cm³/mol. The zero-order valence-electron chi connectivity index (χ0n) is 14.3. The molecule has 0 N–H and O–H groups in total.